The van der Waals surface area contributed by atoms with Crippen molar-refractivity contribution in [2.24, 2.45) is 0 Å². The van der Waals surface area contributed by atoms with Gasteiger partial charge in [-0.15, -0.1) is 0 Å². The number of benzene rings is 1. The first-order valence-electron chi connectivity index (χ1n) is 7.60. The predicted octanol–water partition coefficient (Wildman–Crippen LogP) is 2.37. The SMILES string of the molecule is Cc1cc(C)c(S(=O)(=O)N(C)CC2CCCCN2)c(C)c1. The Hall–Kier alpha value is -0.910. The smallest absolute Gasteiger partial charge is 0.243 e. The highest BCUT2D eigenvalue weighted by atomic mass is 32.2. The zero-order valence-electron chi connectivity index (χ0n) is 13.4. The van der Waals surface area contributed by atoms with Gasteiger partial charge in [-0.05, 0) is 51.3 Å². The lowest BCUT2D eigenvalue weighted by molar-refractivity contribution is 0.337. The third-order valence-corrected chi connectivity index (χ3v) is 6.29. The number of nitrogens with one attached hydrogen (secondary N) is 1. The average Bonchev–Trinajstić information content (AvgIpc) is 2.38. The van der Waals surface area contributed by atoms with Crippen LogP contribution < -0.4 is 5.32 Å². The molecule has 1 fully saturated rings. The van der Waals surface area contributed by atoms with Crippen molar-refractivity contribution in [3.05, 3.63) is 28.8 Å². The quantitative estimate of drug-likeness (QED) is 0.929. The second kappa shape index (κ2) is 6.46. The van der Waals surface area contributed by atoms with Crippen LogP contribution in [-0.4, -0.2) is 38.9 Å². The molecule has 1 aliphatic heterocycles. The first kappa shape index (κ1) is 16.5. The summed E-state index contributed by atoms with van der Waals surface area (Å²) in [6.07, 6.45) is 3.41. The van der Waals surface area contributed by atoms with Crippen LogP contribution in [0.5, 0.6) is 0 Å². The minimum absolute atomic E-state index is 0.268. The van der Waals surface area contributed by atoms with Crippen molar-refractivity contribution in [1.82, 2.24) is 9.62 Å². The van der Waals surface area contributed by atoms with Gasteiger partial charge in [-0.3, -0.25) is 0 Å². The molecule has 0 radical (unpaired) electrons. The summed E-state index contributed by atoms with van der Waals surface area (Å²) in [5.74, 6) is 0. The van der Waals surface area contributed by atoms with Gasteiger partial charge in [-0.25, -0.2) is 8.42 Å². The summed E-state index contributed by atoms with van der Waals surface area (Å²) in [5.41, 5.74) is 2.76. The molecule has 5 heteroatoms. The summed E-state index contributed by atoms with van der Waals surface area (Å²) >= 11 is 0. The van der Waals surface area contributed by atoms with Crippen molar-refractivity contribution >= 4 is 10.0 Å². The maximum Gasteiger partial charge on any atom is 0.243 e. The van der Waals surface area contributed by atoms with E-state index < -0.39 is 10.0 Å². The molecule has 0 bridgehead atoms. The molecule has 1 atom stereocenters. The molecule has 1 aromatic rings. The molecule has 0 saturated carbocycles. The fourth-order valence-corrected chi connectivity index (χ4v) is 4.84. The summed E-state index contributed by atoms with van der Waals surface area (Å²) in [6, 6.07) is 4.14. The second-order valence-electron chi connectivity index (χ2n) is 6.16. The molecule has 21 heavy (non-hydrogen) atoms. The Morgan fingerprint density at radius 1 is 1.19 bits per heavy atom. The Morgan fingerprint density at radius 3 is 2.33 bits per heavy atom. The number of sulfonamides is 1. The maximum absolute atomic E-state index is 12.9. The predicted molar refractivity (Wildman–Crippen MR) is 86.1 cm³/mol. The van der Waals surface area contributed by atoms with Crippen LogP contribution in [0.1, 0.15) is 36.0 Å². The molecule has 1 aromatic carbocycles. The van der Waals surface area contributed by atoms with Crippen LogP contribution in [0, 0.1) is 20.8 Å². The first-order chi connectivity index (χ1) is 9.82. The van der Waals surface area contributed by atoms with Crippen LogP contribution in [0.25, 0.3) is 0 Å². The summed E-state index contributed by atoms with van der Waals surface area (Å²) in [6.45, 7) is 7.27. The van der Waals surface area contributed by atoms with E-state index in [1.54, 1.807) is 7.05 Å². The van der Waals surface area contributed by atoms with E-state index in [9.17, 15) is 8.42 Å². The molecule has 1 aliphatic rings. The van der Waals surface area contributed by atoms with Crippen molar-refractivity contribution in [2.45, 2.75) is 51.0 Å². The zero-order valence-corrected chi connectivity index (χ0v) is 14.3. The van der Waals surface area contributed by atoms with Gasteiger partial charge in [-0.1, -0.05) is 24.1 Å². The van der Waals surface area contributed by atoms with Gasteiger partial charge in [0.1, 0.15) is 0 Å². The molecular formula is C16H26N2O2S. The van der Waals surface area contributed by atoms with Crippen molar-refractivity contribution in [2.75, 3.05) is 20.1 Å². The Balaban J connectivity index is 2.24. The van der Waals surface area contributed by atoms with Crippen LogP contribution in [0.4, 0.5) is 0 Å². The molecule has 1 saturated heterocycles. The third kappa shape index (κ3) is 3.65. The topological polar surface area (TPSA) is 49.4 Å². The number of hydrogen-bond acceptors (Lipinski definition) is 3. The van der Waals surface area contributed by atoms with Gasteiger partial charge in [0, 0.05) is 19.6 Å². The van der Waals surface area contributed by atoms with Crippen LogP contribution >= 0.6 is 0 Å². The van der Waals surface area contributed by atoms with E-state index in [1.807, 2.05) is 32.9 Å². The Morgan fingerprint density at radius 2 is 1.81 bits per heavy atom. The molecule has 0 aromatic heterocycles. The number of piperidine rings is 1. The third-order valence-electron chi connectivity index (χ3n) is 4.16. The summed E-state index contributed by atoms with van der Waals surface area (Å²) in [5, 5.41) is 3.41. The molecule has 1 heterocycles. The molecule has 1 N–H and O–H groups in total. The highest BCUT2D eigenvalue weighted by Crippen LogP contribution is 2.25. The molecular weight excluding hydrogens is 284 g/mol. The Bertz CT molecular complexity index is 582. The fourth-order valence-electron chi connectivity index (χ4n) is 3.22. The Kier molecular flexibility index (Phi) is 5.07. The lowest BCUT2D eigenvalue weighted by atomic mass is 10.1. The number of rotatable bonds is 4. The van der Waals surface area contributed by atoms with Gasteiger partial charge in [0.15, 0.2) is 0 Å². The molecule has 0 aliphatic carbocycles. The van der Waals surface area contributed by atoms with Crippen molar-refractivity contribution in [3.63, 3.8) is 0 Å². The van der Waals surface area contributed by atoms with Gasteiger partial charge in [-0.2, -0.15) is 4.31 Å². The van der Waals surface area contributed by atoms with Gasteiger partial charge >= 0.3 is 0 Å². The largest absolute Gasteiger partial charge is 0.313 e. The second-order valence-corrected chi connectivity index (χ2v) is 8.14. The van der Waals surface area contributed by atoms with E-state index in [0.717, 1.165) is 29.7 Å². The normalized spacial score (nSPS) is 20.0. The van der Waals surface area contributed by atoms with E-state index in [4.69, 9.17) is 0 Å². The minimum Gasteiger partial charge on any atom is -0.313 e. The molecule has 2 rings (SSSR count). The van der Waals surface area contributed by atoms with Crippen LogP contribution in [-0.2, 0) is 10.0 Å². The van der Waals surface area contributed by atoms with Crippen LogP contribution in [0.3, 0.4) is 0 Å². The van der Waals surface area contributed by atoms with Gasteiger partial charge in [0.05, 0.1) is 4.90 Å². The molecule has 0 spiro atoms. The molecule has 4 nitrogen and oxygen atoms in total. The average molecular weight is 310 g/mol. The molecule has 1 unspecified atom stereocenters. The van der Waals surface area contributed by atoms with E-state index in [-0.39, 0.29) is 6.04 Å². The van der Waals surface area contributed by atoms with Crippen molar-refractivity contribution in [1.29, 1.82) is 0 Å². The van der Waals surface area contributed by atoms with E-state index in [1.165, 1.54) is 17.1 Å². The van der Waals surface area contributed by atoms with Crippen LogP contribution in [0.15, 0.2) is 17.0 Å². The standard InChI is InChI=1S/C16H26N2O2S/c1-12-9-13(2)16(14(3)10-12)21(19,20)18(4)11-15-7-5-6-8-17-15/h9-10,15,17H,5-8,11H2,1-4H3. The molecule has 118 valence electrons. The molecule has 0 amide bonds. The summed E-state index contributed by atoms with van der Waals surface area (Å²) in [7, 11) is -1.74. The number of hydrogen-bond donors (Lipinski definition) is 1. The lowest BCUT2D eigenvalue weighted by Crippen LogP contribution is -2.44. The van der Waals surface area contributed by atoms with Gasteiger partial charge in [0.2, 0.25) is 10.0 Å². The number of nitrogens with zero attached hydrogens (tertiary/aromatic N) is 1. The van der Waals surface area contributed by atoms with E-state index in [0.29, 0.717) is 11.4 Å². The highest BCUT2D eigenvalue weighted by Gasteiger charge is 2.27. The first-order valence-corrected chi connectivity index (χ1v) is 9.04. The van der Waals surface area contributed by atoms with E-state index >= 15 is 0 Å². The van der Waals surface area contributed by atoms with E-state index in [2.05, 4.69) is 5.32 Å². The lowest BCUT2D eigenvalue weighted by Gasteiger charge is -2.28. The highest BCUT2D eigenvalue weighted by molar-refractivity contribution is 7.89. The van der Waals surface area contributed by atoms with Crippen molar-refractivity contribution in [3.8, 4) is 0 Å². The summed E-state index contributed by atoms with van der Waals surface area (Å²) in [4.78, 5) is 0.464. The monoisotopic (exact) mass is 310 g/mol. The van der Waals surface area contributed by atoms with Crippen LogP contribution in [0.2, 0.25) is 0 Å². The van der Waals surface area contributed by atoms with Crippen molar-refractivity contribution < 1.29 is 8.42 Å². The number of aryl methyl sites for hydroxylation is 3. The summed E-state index contributed by atoms with van der Waals surface area (Å²) < 4.78 is 27.2. The minimum atomic E-state index is -3.42. The number of likely N-dealkylation sites (N-methyl/N-ethyl adjacent to an activating group) is 1. The Labute approximate surface area is 128 Å². The fraction of sp³-hybridized carbons (Fsp3) is 0.625. The zero-order chi connectivity index (χ0) is 15.6. The maximum atomic E-state index is 12.9. The van der Waals surface area contributed by atoms with Gasteiger partial charge in [0.25, 0.3) is 0 Å². The van der Waals surface area contributed by atoms with Gasteiger partial charge < -0.3 is 5.32 Å².